The number of alkyl carbamates (subject to hydrolysis) is 2. The number of phenolic OH excluding ortho intramolecular Hbond substituents is 2. The summed E-state index contributed by atoms with van der Waals surface area (Å²) in [7, 11) is 3.34. The van der Waals surface area contributed by atoms with Crippen LogP contribution in [0.4, 0.5) is 24.2 Å². The van der Waals surface area contributed by atoms with Gasteiger partial charge in [0.25, 0.3) is 0 Å². The zero-order chi connectivity index (χ0) is 63.1. The van der Waals surface area contributed by atoms with Crippen molar-refractivity contribution >= 4 is 135 Å². The van der Waals surface area contributed by atoms with Gasteiger partial charge in [-0.3, -0.25) is 9.97 Å². The molecule has 0 aliphatic rings. The van der Waals surface area contributed by atoms with Crippen molar-refractivity contribution in [3.8, 4) is 23.0 Å². The molecule has 2 radical (unpaired) electrons. The van der Waals surface area contributed by atoms with Crippen LogP contribution in [0.1, 0.15) is 88.0 Å². The first-order valence-electron chi connectivity index (χ1n) is 23.3. The van der Waals surface area contributed by atoms with Gasteiger partial charge in [-0.05, 0) is 128 Å². The fourth-order valence-corrected chi connectivity index (χ4v) is 6.45. The van der Waals surface area contributed by atoms with E-state index < -0.39 is 68.7 Å². The number of esters is 2. The minimum atomic E-state index is -2.55. The molecule has 85 heavy (non-hydrogen) atoms. The Morgan fingerprint density at radius 3 is 1.35 bits per heavy atom. The van der Waals surface area contributed by atoms with Gasteiger partial charge in [-0.15, -0.1) is 0 Å². The average Bonchev–Trinajstić information content (AvgIpc) is 2.30. The van der Waals surface area contributed by atoms with E-state index in [4.69, 9.17) is 18.9 Å². The van der Waals surface area contributed by atoms with Crippen LogP contribution >= 0.6 is 61.1 Å². The van der Waals surface area contributed by atoms with Gasteiger partial charge in [0.1, 0.15) is 55.8 Å². The fraction of sp³-hybridized carbons (Fsp3) is 0.385. The largest absolute Gasteiger partial charge is 0.507 e. The van der Waals surface area contributed by atoms with Crippen molar-refractivity contribution in [1.29, 1.82) is 0 Å². The summed E-state index contributed by atoms with van der Waals surface area (Å²) >= 11 is 7.73. The van der Waals surface area contributed by atoms with E-state index in [1.807, 2.05) is 15.7 Å². The number of benzene rings is 2. The zero-order valence-corrected chi connectivity index (χ0v) is 61.5. The Morgan fingerprint density at radius 1 is 0.682 bits per heavy atom. The maximum absolute atomic E-state index is 12.7. The van der Waals surface area contributed by atoms with E-state index in [1.54, 1.807) is 65.9 Å². The molecule has 468 valence electrons. The molecule has 0 fully saturated rings. The van der Waals surface area contributed by atoms with Crippen molar-refractivity contribution in [3.05, 3.63) is 112 Å². The van der Waals surface area contributed by atoms with E-state index in [-0.39, 0.29) is 120 Å². The maximum atomic E-state index is 12.7. The fourth-order valence-electron chi connectivity index (χ4n) is 5.67. The van der Waals surface area contributed by atoms with Crippen LogP contribution in [0.25, 0.3) is 21.8 Å². The number of anilines is 1. The summed E-state index contributed by atoms with van der Waals surface area (Å²) in [6, 6.07) is 14.1. The van der Waals surface area contributed by atoms with Crippen LogP contribution in [0.3, 0.4) is 0 Å². The van der Waals surface area contributed by atoms with Crippen molar-refractivity contribution < 1.29 is 149 Å². The van der Waals surface area contributed by atoms with Gasteiger partial charge in [0.15, 0.2) is 22.9 Å². The number of halogens is 5. The molecule has 6 aromatic rings. The van der Waals surface area contributed by atoms with Gasteiger partial charge < -0.3 is 75.1 Å². The Hall–Kier alpha value is -4.09. The van der Waals surface area contributed by atoms with Gasteiger partial charge in [0, 0.05) is 136 Å². The second kappa shape index (κ2) is 45.2. The molecule has 6 rings (SSSR count). The first kappa shape index (κ1) is 87.3. The molecule has 0 unspecified atom stereocenters. The maximum Gasteiger partial charge on any atom is 0.407 e. The van der Waals surface area contributed by atoms with Crippen molar-refractivity contribution in [2.24, 2.45) is 0 Å². The summed E-state index contributed by atoms with van der Waals surface area (Å²) in [5, 5.41) is 25.0. The number of carbonyl (C=O) groups is 4. The molecule has 0 aliphatic carbocycles. The summed E-state index contributed by atoms with van der Waals surface area (Å²) in [6.07, 6.45) is 1.96. The van der Waals surface area contributed by atoms with Crippen molar-refractivity contribution in [1.82, 2.24) is 35.3 Å². The number of ether oxygens (including phenoxy) is 6. The summed E-state index contributed by atoms with van der Waals surface area (Å²) in [4.78, 5) is 64.5. The van der Waals surface area contributed by atoms with E-state index in [0.29, 0.717) is 37.9 Å². The number of aromatic nitrogens is 4. The Balaban J connectivity index is -0.000000484. The van der Waals surface area contributed by atoms with E-state index in [9.17, 15) is 55.0 Å². The first-order valence-corrected chi connectivity index (χ1v) is 29.9. The number of aromatic hydroxyl groups is 2. The molecule has 4 aromatic heterocycles. The predicted octanol–water partition coefficient (Wildman–Crippen LogP) is 10.9. The van der Waals surface area contributed by atoms with Crippen molar-refractivity contribution in [2.75, 3.05) is 56.2 Å². The Bertz CT molecular complexity index is 3130. The normalized spacial score (nSPS) is 9.94. The van der Waals surface area contributed by atoms with E-state index in [2.05, 4.69) is 108 Å². The van der Waals surface area contributed by atoms with Crippen LogP contribution in [-0.2, 0) is 136 Å². The number of nitrogens with one attached hydrogen (secondary N) is 3. The minimum Gasteiger partial charge on any atom is -0.507 e. The molecular formula is C52H69BrF2I2N8O16S2Y2-2. The molecule has 0 atom stereocenters. The second-order valence-electron chi connectivity index (χ2n) is 17.1. The van der Waals surface area contributed by atoms with Crippen LogP contribution < -0.4 is 29.1 Å². The SMILES string of the molecule is C.CC(C)(C)OC(=O)NCc1ccc(F)cc1O.CC(C)(C)OC(=O)NCc1ccc(F)cc1O.CCI.CI.CN[S-](=O)=O.COC(=O)c1nc(Br)c2cccnc2c1OC.COC(=O)c1nc(N(C)[S-](=O)=O)c2cccnc2c1OC.[Y].[Y]. The van der Waals surface area contributed by atoms with E-state index in [1.165, 1.54) is 77.4 Å². The van der Waals surface area contributed by atoms with Gasteiger partial charge in [-0.2, -0.15) is 0 Å². The molecule has 0 aliphatic heterocycles. The average molecular weight is 1680 g/mol. The first-order chi connectivity index (χ1) is 38.4. The van der Waals surface area contributed by atoms with Crippen LogP contribution in [0.2, 0.25) is 0 Å². The Labute approximate surface area is 583 Å². The third-order valence-electron chi connectivity index (χ3n) is 8.96. The van der Waals surface area contributed by atoms with Crippen LogP contribution in [-0.4, -0.2) is 117 Å². The van der Waals surface area contributed by atoms with Crippen molar-refractivity contribution in [2.45, 2.75) is 80.2 Å². The standard InChI is InChI=1S/2C12H16FNO3.C12H12N3O5S.C11H9BrN2O3.C2H5I.CH3I.CH4NO2S.CH4.2Y/c2*1-12(2,3)17-11(16)14-7-8-4-5-9(13)6-10(8)15;1-15(21(17)18)11-7-5-4-6-13-8(7)10(19-2)9(14-11)12(16)20-3;1-16-9-7-6(4-3-5-13-7)10(12)14-8(9)11(15)17-2;1-2-3;1-2;1-2-5(3)4;;;/h2*4-6,15H,7H2,1-3H3,(H,14,16);4-6H,1-3H3;3-5H,1-2H3;2H2,1H3;1H3;1H3,(H,2,3,4);1H4;;/q;;-1;;;;-1;;;. The Morgan fingerprint density at radius 2 is 1.04 bits per heavy atom. The molecule has 0 saturated heterocycles. The molecule has 24 nitrogen and oxygen atoms in total. The number of fused-ring (bicyclic) bond motifs is 2. The van der Waals surface area contributed by atoms with Gasteiger partial charge in [0.05, 0.1) is 28.4 Å². The summed E-state index contributed by atoms with van der Waals surface area (Å²) in [6.45, 7) is 12.8. The molecule has 2 amide bonds. The van der Waals surface area contributed by atoms with E-state index >= 15 is 0 Å². The second-order valence-corrected chi connectivity index (χ2v) is 21.2. The molecule has 5 N–H and O–H groups in total. The third kappa shape index (κ3) is 32.6. The van der Waals surface area contributed by atoms with Crippen LogP contribution in [0.5, 0.6) is 23.0 Å². The van der Waals surface area contributed by atoms with Gasteiger partial charge >= 0.3 is 24.1 Å². The number of phenols is 2. The zero-order valence-electron chi connectivity index (χ0n) is 48.3. The molecule has 0 spiro atoms. The molecular weight excluding hydrogens is 1610 g/mol. The van der Waals surface area contributed by atoms with Gasteiger partial charge in [0.2, 0.25) is 0 Å². The van der Waals surface area contributed by atoms with E-state index in [0.717, 1.165) is 21.8 Å². The molecule has 33 heteroatoms. The number of methoxy groups -OCH3 is 4. The smallest absolute Gasteiger partial charge is 0.407 e. The number of pyridine rings is 4. The third-order valence-corrected chi connectivity index (χ3v) is 10.5. The summed E-state index contributed by atoms with van der Waals surface area (Å²) < 4.78 is 101. The van der Waals surface area contributed by atoms with Crippen LogP contribution in [0, 0.1) is 11.6 Å². The molecule has 4 heterocycles. The monoisotopic (exact) mass is 1670 g/mol. The quantitative estimate of drug-likeness (QED) is 0.0201. The summed E-state index contributed by atoms with van der Waals surface area (Å²) in [5.74, 6) is -2.23. The number of amides is 2. The molecule has 0 bridgehead atoms. The molecule has 2 aromatic carbocycles. The Kier molecular flexibility index (Phi) is 46.5. The van der Waals surface area contributed by atoms with Gasteiger partial charge in [-0.25, -0.2) is 37.9 Å². The number of alkyl halides is 2. The van der Waals surface area contributed by atoms with Crippen LogP contribution in [0.15, 0.2) is 77.7 Å². The predicted molar refractivity (Wildman–Crippen MR) is 331 cm³/mol. The number of nitrogens with zero attached hydrogens (tertiary/aromatic N) is 5. The minimum absolute atomic E-state index is 0. The number of hydrogen-bond donors (Lipinski definition) is 5. The topological polar surface area (TPSA) is 323 Å². The molecule has 0 saturated carbocycles. The van der Waals surface area contributed by atoms with Gasteiger partial charge in [-0.1, -0.05) is 71.7 Å². The number of carbonyl (C=O) groups excluding carboxylic acids is 4. The number of rotatable bonds is 11. The number of hydrogen-bond acceptors (Lipinski definition) is 22. The summed E-state index contributed by atoms with van der Waals surface area (Å²) in [5.41, 5.74) is 0.560. The van der Waals surface area contributed by atoms with Crippen molar-refractivity contribution in [3.63, 3.8) is 0 Å².